The Labute approximate surface area is 173 Å². The van der Waals surface area contributed by atoms with Crippen LogP contribution in [-0.4, -0.2) is 33.0 Å². The van der Waals surface area contributed by atoms with Gasteiger partial charge in [-0.15, -0.1) is 0 Å². The average Bonchev–Trinajstić information content (AvgIpc) is 3.03. The summed E-state index contributed by atoms with van der Waals surface area (Å²) in [5.41, 5.74) is 3.28. The molecule has 4 rings (SSSR count). The highest BCUT2D eigenvalue weighted by molar-refractivity contribution is 5.94. The van der Waals surface area contributed by atoms with Crippen molar-refractivity contribution in [2.45, 2.75) is 26.3 Å². The Morgan fingerprint density at radius 3 is 2.87 bits per heavy atom. The summed E-state index contributed by atoms with van der Waals surface area (Å²) in [4.78, 5) is 29.8. The normalized spacial score (nSPS) is 12.3. The van der Waals surface area contributed by atoms with E-state index in [0.717, 1.165) is 27.8 Å². The van der Waals surface area contributed by atoms with Crippen LogP contribution in [0.4, 0.5) is 0 Å². The van der Waals surface area contributed by atoms with Crippen molar-refractivity contribution in [3.8, 4) is 5.75 Å². The van der Waals surface area contributed by atoms with E-state index < -0.39 is 5.91 Å². The highest BCUT2D eigenvalue weighted by Gasteiger charge is 2.18. The smallest absolute Gasteiger partial charge is 0.270 e. The van der Waals surface area contributed by atoms with Gasteiger partial charge in [0, 0.05) is 42.6 Å². The monoisotopic (exact) mass is 404 g/mol. The molecule has 0 bridgehead atoms. The number of methoxy groups -OCH3 is 1. The largest absolute Gasteiger partial charge is 0.497 e. The summed E-state index contributed by atoms with van der Waals surface area (Å²) in [7, 11) is 3.63. The number of hydrogen-bond acceptors (Lipinski definition) is 4. The zero-order valence-corrected chi connectivity index (χ0v) is 17.5. The molecule has 30 heavy (non-hydrogen) atoms. The van der Waals surface area contributed by atoms with E-state index in [9.17, 15) is 9.59 Å². The number of fused-ring (bicyclic) bond motifs is 2. The Kier molecular flexibility index (Phi) is 5.03. The number of ether oxygens (including phenoxy) is 1. The van der Waals surface area contributed by atoms with Gasteiger partial charge in [0.05, 0.1) is 7.11 Å². The fraction of sp³-hybridized carbons (Fsp3) is 0.261. The van der Waals surface area contributed by atoms with Crippen molar-refractivity contribution in [2.75, 3.05) is 7.11 Å². The molecule has 0 aliphatic rings. The van der Waals surface area contributed by atoms with Crippen molar-refractivity contribution in [3.63, 3.8) is 0 Å². The van der Waals surface area contributed by atoms with Gasteiger partial charge < -0.3 is 14.6 Å². The van der Waals surface area contributed by atoms with Gasteiger partial charge in [0.1, 0.15) is 17.0 Å². The first-order valence-electron chi connectivity index (χ1n) is 9.79. The maximum absolute atomic E-state index is 12.8. The van der Waals surface area contributed by atoms with Gasteiger partial charge in [0.2, 0.25) is 0 Å². The number of aryl methyl sites for hydroxylation is 2. The number of carbonyl (C=O) groups is 1. The number of pyridine rings is 1. The maximum Gasteiger partial charge on any atom is 0.270 e. The quantitative estimate of drug-likeness (QED) is 0.555. The highest BCUT2D eigenvalue weighted by Crippen LogP contribution is 2.26. The van der Waals surface area contributed by atoms with Gasteiger partial charge >= 0.3 is 0 Å². The highest BCUT2D eigenvalue weighted by atomic mass is 16.5. The van der Waals surface area contributed by atoms with Gasteiger partial charge in [0.25, 0.3) is 11.5 Å². The summed E-state index contributed by atoms with van der Waals surface area (Å²) in [5.74, 6) is 0.367. The number of carbonyl (C=O) groups excluding carboxylic acids is 1. The van der Waals surface area contributed by atoms with Crippen LogP contribution in [0.3, 0.4) is 0 Å². The Morgan fingerprint density at radius 2 is 2.10 bits per heavy atom. The third-order valence-corrected chi connectivity index (χ3v) is 5.35. The molecule has 7 heteroatoms. The summed E-state index contributed by atoms with van der Waals surface area (Å²) < 4.78 is 8.81. The first-order chi connectivity index (χ1) is 14.4. The second-order valence-corrected chi connectivity index (χ2v) is 7.59. The molecule has 1 N–H and O–H groups in total. The summed E-state index contributed by atoms with van der Waals surface area (Å²) in [6.45, 7) is 3.80. The van der Waals surface area contributed by atoms with E-state index in [2.05, 4.69) is 21.1 Å². The number of benzene rings is 1. The molecular formula is C23H24N4O3. The van der Waals surface area contributed by atoms with Crippen molar-refractivity contribution >= 4 is 22.5 Å². The van der Waals surface area contributed by atoms with Gasteiger partial charge in [-0.25, -0.2) is 4.98 Å². The standard InChI is InChI=1S/C23H24N4O3/c1-14-6-5-9-27-21(14)24-12-19(23(27)29)22(28)25-15(2)10-16-13-26(3)20-8-7-17(30-4)11-18(16)20/h5-9,11-13,15H,10H2,1-4H3,(H,25,28)/t15-/m0/s1. The van der Waals surface area contributed by atoms with Crippen LogP contribution in [-0.2, 0) is 13.5 Å². The number of amides is 1. The summed E-state index contributed by atoms with van der Waals surface area (Å²) in [6.07, 6.45) is 5.66. The van der Waals surface area contributed by atoms with Crippen molar-refractivity contribution in [3.05, 3.63) is 76.0 Å². The van der Waals surface area contributed by atoms with Gasteiger partial charge in [-0.1, -0.05) is 6.07 Å². The van der Waals surface area contributed by atoms with E-state index in [4.69, 9.17) is 4.74 Å². The predicted octanol–water partition coefficient (Wildman–Crippen LogP) is 2.86. The predicted molar refractivity (Wildman–Crippen MR) is 116 cm³/mol. The molecule has 4 aromatic rings. The molecule has 154 valence electrons. The minimum atomic E-state index is -0.422. The molecule has 0 saturated carbocycles. The van der Waals surface area contributed by atoms with Crippen LogP contribution in [0, 0.1) is 6.92 Å². The maximum atomic E-state index is 12.8. The second-order valence-electron chi connectivity index (χ2n) is 7.59. The fourth-order valence-corrected chi connectivity index (χ4v) is 3.83. The Balaban J connectivity index is 1.58. The molecule has 3 aromatic heterocycles. The molecule has 7 nitrogen and oxygen atoms in total. The number of aromatic nitrogens is 3. The van der Waals surface area contributed by atoms with E-state index >= 15 is 0 Å². The SMILES string of the molecule is COc1ccc2c(c1)c(C[C@H](C)NC(=O)c1cnc3c(C)cccn3c1=O)cn2C. The van der Waals surface area contributed by atoms with E-state index in [1.165, 1.54) is 10.6 Å². The molecular weight excluding hydrogens is 380 g/mol. The van der Waals surface area contributed by atoms with Crippen molar-refractivity contribution in [2.24, 2.45) is 7.05 Å². The van der Waals surface area contributed by atoms with Crippen LogP contribution in [0.1, 0.15) is 28.4 Å². The summed E-state index contributed by atoms with van der Waals surface area (Å²) in [5, 5.41) is 4.02. The fourth-order valence-electron chi connectivity index (χ4n) is 3.83. The summed E-state index contributed by atoms with van der Waals surface area (Å²) in [6, 6.07) is 9.42. The topological polar surface area (TPSA) is 77.6 Å². The lowest BCUT2D eigenvalue weighted by atomic mass is 10.1. The zero-order chi connectivity index (χ0) is 21.4. The van der Waals surface area contributed by atoms with Gasteiger partial charge in [-0.2, -0.15) is 0 Å². The first kappa shape index (κ1) is 19.7. The van der Waals surface area contributed by atoms with E-state index in [1.807, 2.05) is 45.2 Å². The number of nitrogens with one attached hydrogen (secondary N) is 1. The lowest BCUT2D eigenvalue weighted by Gasteiger charge is -2.14. The molecule has 0 unspecified atom stereocenters. The van der Waals surface area contributed by atoms with E-state index in [1.54, 1.807) is 19.4 Å². The van der Waals surface area contributed by atoms with Crippen LogP contribution in [0.5, 0.6) is 5.75 Å². The minimum Gasteiger partial charge on any atom is -0.497 e. The van der Waals surface area contributed by atoms with Crippen LogP contribution in [0.15, 0.2) is 53.7 Å². The Bertz CT molecular complexity index is 1320. The van der Waals surface area contributed by atoms with Crippen LogP contribution in [0.2, 0.25) is 0 Å². The lowest BCUT2D eigenvalue weighted by Crippen LogP contribution is -2.38. The van der Waals surface area contributed by atoms with Crippen molar-refractivity contribution in [1.29, 1.82) is 0 Å². The third-order valence-electron chi connectivity index (χ3n) is 5.35. The second kappa shape index (κ2) is 7.67. The van der Waals surface area contributed by atoms with Crippen LogP contribution < -0.4 is 15.6 Å². The first-order valence-corrected chi connectivity index (χ1v) is 9.79. The van der Waals surface area contributed by atoms with E-state index in [0.29, 0.717) is 12.1 Å². The minimum absolute atomic E-state index is 0.0320. The van der Waals surface area contributed by atoms with Crippen LogP contribution in [0.25, 0.3) is 16.6 Å². The van der Waals surface area contributed by atoms with Crippen molar-refractivity contribution < 1.29 is 9.53 Å². The lowest BCUT2D eigenvalue weighted by molar-refractivity contribution is 0.0938. The van der Waals surface area contributed by atoms with Crippen LogP contribution >= 0.6 is 0 Å². The molecule has 0 aliphatic heterocycles. The molecule has 0 spiro atoms. The summed E-state index contributed by atoms with van der Waals surface area (Å²) >= 11 is 0. The Hall–Kier alpha value is -3.61. The van der Waals surface area contributed by atoms with E-state index in [-0.39, 0.29) is 17.2 Å². The number of hydrogen-bond donors (Lipinski definition) is 1. The molecule has 0 fully saturated rings. The molecule has 1 amide bonds. The molecule has 1 atom stereocenters. The third kappa shape index (κ3) is 3.43. The molecule has 0 saturated heterocycles. The molecule has 0 aliphatic carbocycles. The average molecular weight is 404 g/mol. The number of rotatable bonds is 5. The Morgan fingerprint density at radius 1 is 1.30 bits per heavy atom. The number of nitrogens with zero attached hydrogens (tertiary/aromatic N) is 3. The van der Waals surface area contributed by atoms with Gasteiger partial charge in [-0.05, 0) is 55.7 Å². The van der Waals surface area contributed by atoms with Crippen molar-refractivity contribution in [1.82, 2.24) is 19.3 Å². The molecule has 0 radical (unpaired) electrons. The zero-order valence-electron chi connectivity index (χ0n) is 17.5. The molecule has 3 heterocycles. The van der Waals surface area contributed by atoms with Gasteiger partial charge in [0.15, 0.2) is 0 Å². The van der Waals surface area contributed by atoms with Gasteiger partial charge in [-0.3, -0.25) is 14.0 Å². The molecule has 1 aromatic carbocycles.